The summed E-state index contributed by atoms with van der Waals surface area (Å²) >= 11 is 0. The van der Waals surface area contributed by atoms with Gasteiger partial charge in [-0.15, -0.1) is 0 Å². The molecule has 2 heterocycles. The van der Waals surface area contributed by atoms with Crippen LogP contribution in [0.5, 0.6) is 0 Å². The van der Waals surface area contributed by atoms with Crippen LogP contribution in [-0.4, -0.2) is 58.4 Å². The molecule has 0 aromatic carbocycles. The number of nitrogens with one attached hydrogen (secondary N) is 1. The predicted molar refractivity (Wildman–Crippen MR) is 85.0 cm³/mol. The van der Waals surface area contributed by atoms with Crippen molar-refractivity contribution in [2.75, 3.05) is 19.7 Å². The second-order valence-corrected chi connectivity index (χ2v) is 5.53. The van der Waals surface area contributed by atoms with Crippen LogP contribution in [0.4, 0.5) is 0 Å². The van der Waals surface area contributed by atoms with E-state index in [9.17, 15) is 14.4 Å². The van der Waals surface area contributed by atoms with Crippen LogP contribution in [-0.2, 0) is 14.3 Å². The van der Waals surface area contributed by atoms with Crippen LogP contribution < -0.4 is 5.32 Å². The van der Waals surface area contributed by atoms with Crippen LogP contribution in [0.2, 0.25) is 0 Å². The van der Waals surface area contributed by atoms with Crippen LogP contribution in [0, 0.1) is 0 Å². The van der Waals surface area contributed by atoms with E-state index in [0.717, 1.165) is 0 Å². The summed E-state index contributed by atoms with van der Waals surface area (Å²) in [6.45, 7) is 3.16. The van der Waals surface area contributed by atoms with Gasteiger partial charge in [-0.05, 0) is 19.8 Å². The number of hydrogen-bond acceptors (Lipinski definition) is 6. The normalized spacial score (nSPS) is 15.0. The van der Waals surface area contributed by atoms with Crippen molar-refractivity contribution in [1.82, 2.24) is 20.2 Å². The van der Waals surface area contributed by atoms with Gasteiger partial charge in [0.25, 0.3) is 5.91 Å². The van der Waals surface area contributed by atoms with Gasteiger partial charge < -0.3 is 15.0 Å². The van der Waals surface area contributed by atoms with E-state index in [1.807, 2.05) is 0 Å². The maximum Gasteiger partial charge on any atom is 0.306 e. The van der Waals surface area contributed by atoms with E-state index >= 15 is 0 Å². The quantitative estimate of drug-likeness (QED) is 0.762. The lowest BCUT2D eigenvalue weighted by molar-refractivity contribution is -0.144. The zero-order chi connectivity index (χ0) is 17.4. The molecule has 0 unspecified atom stereocenters. The van der Waals surface area contributed by atoms with Gasteiger partial charge in [-0.25, -0.2) is 4.98 Å². The average molecular weight is 334 g/mol. The SMILES string of the molecule is CCOC(=O)CCC(=O)NC1CCN(C(=O)c2cnccn2)CC1. The minimum Gasteiger partial charge on any atom is -0.466 e. The maximum absolute atomic E-state index is 12.3. The Bertz CT molecular complexity index is 571. The lowest BCUT2D eigenvalue weighted by Crippen LogP contribution is -2.46. The number of carbonyl (C=O) groups excluding carboxylic acids is 3. The Balaban J connectivity index is 1.72. The predicted octanol–water partition coefficient (Wildman–Crippen LogP) is 0.541. The van der Waals surface area contributed by atoms with Gasteiger partial charge in [-0.1, -0.05) is 0 Å². The van der Waals surface area contributed by atoms with Crippen LogP contribution in [0.1, 0.15) is 43.1 Å². The Morgan fingerprint density at radius 2 is 2.00 bits per heavy atom. The number of esters is 1. The number of hydrogen-bond donors (Lipinski definition) is 1. The fourth-order valence-corrected chi connectivity index (χ4v) is 2.55. The number of nitrogens with zero attached hydrogens (tertiary/aromatic N) is 3. The third-order valence-corrected chi connectivity index (χ3v) is 3.79. The van der Waals surface area contributed by atoms with Crippen molar-refractivity contribution in [3.63, 3.8) is 0 Å². The van der Waals surface area contributed by atoms with Gasteiger partial charge >= 0.3 is 5.97 Å². The number of amides is 2. The molecule has 0 spiro atoms. The van der Waals surface area contributed by atoms with E-state index < -0.39 is 0 Å². The molecule has 130 valence electrons. The van der Waals surface area contributed by atoms with Gasteiger partial charge in [0.1, 0.15) is 5.69 Å². The number of ether oxygens (including phenoxy) is 1. The Hall–Kier alpha value is -2.51. The van der Waals surface area contributed by atoms with Crippen molar-refractivity contribution < 1.29 is 19.1 Å². The Labute approximate surface area is 140 Å². The number of likely N-dealkylation sites (tertiary alicyclic amines) is 1. The Kier molecular flexibility index (Phi) is 6.65. The van der Waals surface area contributed by atoms with E-state index in [-0.39, 0.29) is 36.7 Å². The van der Waals surface area contributed by atoms with E-state index in [1.54, 1.807) is 11.8 Å². The summed E-state index contributed by atoms with van der Waals surface area (Å²) in [6.07, 6.45) is 6.03. The molecule has 0 atom stereocenters. The highest BCUT2D eigenvalue weighted by molar-refractivity contribution is 5.92. The zero-order valence-corrected chi connectivity index (χ0v) is 13.7. The number of aromatic nitrogens is 2. The molecule has 1 fully saturated rings. The summed E-state index contributed by atoms with van der Waals surface area (Å²) in [5, 5.41) is 2.90. The fourth-order valence-electron chi connectivity index (χ4n) is 2.55. The van der Waals surface area contributed by atoms with E-state index in [1.165, 1.54) is 18.6 Å². The molecule has 1 N–H and O–H groups in total. The van der Waals surface area contributed by atoms with E-state index in [4.69, 9.17) is 4.74 Å². The first-order chi connectivity index (χ1) is 11.6. The van der Waals surface area contributed by atoms with Crippen molar-refractivity contribution in [1.29, 1.82) is 0 Å². The van der Waals surface area contributed by atoms with Gasteiger partial charge in [-0.3, -0.25) is 19.4 Å². The largest absolute Gasteiger partial charge is 0.466 e. The summed E-state index contributed by atoms with van der Waals surface area (Å²) in [5.74, 6) is -0.672. The molecule has 0 bridgehead atoms. The summed E-state index contributed by atoms with van der Waals surface area (Å²) in [7, 11) is 0. The first-order valence-electron chi connectivity index (χ1n) is 8.10. The van der Waals surface area contributed by atoms with E-state index in [2.05, 4.69) is 15.3 Å². The van der Waals surface area contributed by atoms with Crippen molar-refractivity contribution >= 4 is 17.8 Å². The molecule has 1 aliphatic heterocycles. The minimum absolute atomic E-state index is 0.0191. The summed E-state index contributed by atoms with van der Waals surface area (Å²) in [6, 6.07) is 0.0191. The van der Waals surface area contributed by atoms with Crippen LogP contribution in [0.15, 0.2) is 18.6 Å². The molecular formula is C16H22N4O4. The third kappa shape index (κ3) is 5.29. The molecule has 8 nitrogen and oxygen atoms in total. The molecular weight excluding hydrogens is 312 g/mol. The molecule has 1 aliphatic rings. The highest BCUT2D eigenvalue weighted by atomic mass is 16.5. The lowest BCUT2D eigenvalue weighted by atomic mass is 10.0. The molecule has 2 amide bonds. The topological polar surface area (TPSA) is 101 Å². The van der Waals surface area contributed by atoms with Crippen molar-refractivity contribution in [2.24, 2.45) is 0 Å². The monoisotopic (exact) mass is 334 g/mol. The van der Waals surface area contributed by atoms with Gasteiger partial charge in [0.2, 0.25) is 5.91 Å². The second-order valence-electron chi connectivity index (χ2n) is 5.53. The van der Waals surface area contributed by atoms with Gasteiger partial charge in [-0.2, -0.15) is 0 Å². The molecule has 0 radical (unpaired) electrons. The molecule has 2 rings (SSSR count). The number of rotatable bonds is 6. The molecule has 1 aromatic heterocycles. The fraction of sp³-hybridized carbons (Fsp3) is 0.562. The zero-order valence-electron chi connectivity index (χ0n) is 13.7. The van der Waals surface area contributed by atoms with Crippen LogP contribution >= 0.6 is 0 Å². The summed E-state index contributed by atoms with van der Waals surface area (Å²) < 4.78 is 4.79. The lowest BCUT2D eigenvalue weighted by Gasteiger charge is -2.32. The summed E-state index contributed by atoms with van der Waals surface area (Å²) in [5.41, 5.74) is 0.328. The van der Waals surface area contributed by atoms with Gasteiger partial charge in [0, 0.05) is 37.9 Å². The van der Waals surface area contributed by atoms with Gasteiger partial charge in [0.15, 0.2) is 0 Å². The first kappa shape index (κ1) is 17.8. The van der Waals surface area contributed by atoms with Crippen molar-refractivity contribution in [3.05, 3.63) is 24.3 Å². The van der Waals surface area contributed by atoms with Crippen molar-refractivity contribution in [3.8, 4) is 0 Å². The van der Waals surface area contributed by atoms with Crippen LogP contribution in [0.3, 0.4) is 0 Å². The molecule has 1 saturated heterocycles. The Morgan fingerprint density at radius 3 is 2.62 bits per heavy atom. The molecule has 8 heteroatoms. The first-order valence-corrected chi connectivity index (χ1v) is 8.10. The minimum atomic E-state index is -0.364. The maximum atomic E-state index is 12.3. The number of carbonyl (C=O) groups is 3. The molecule has 1 aromatic rings. The standard InChI is InChI=1S/C16H22N4O4/c1-2-24-15(22)4-3-14(21)19-12-5-9-20(10-6-12)16(23)13-11-17-7-8-18-13/h7-8,11-12H,2-6,9-10H2,1H3,(H,19,21). The second kappa shape index (κ2) is 8.95. The van der Waals surface area contributed by atoms with Gasteiger partial charge in [0.05, 0.1) is 19.2 Å². The third-order valence-electron chi connectivity index (χ3n) is 3.79. The van der Waals surface area contributed by atoms with Crippen LogP contribution in [0.25, 0.3) is 0 Å². The molecule has 0 saturated carbocycles. The molecule has 0 aliphatic carbocycles. The summed E-state index contributed by atoms with van der Waals surface area (Å²) in [4.78, 5) is 44.9. The number of piperidine rings is 1. The smallest absolute Gasteiger partial charge is 0.306 e. The average Bonchev–Trinajstić information content (AvgIpc) is 2.61. The highest BCUT2D eigenvalue weighted by Crippen LogP contribution is 2.13. The molecule has 24 heavy (non-hydrogen) atoms. The van der Waals surface area contributed by atoms with E-state index in [0.29, 0.717) is 38.2 Å². The highest BCUT2D eigenvalue weighted by Gasteiger charge is 2.25. The Morgan fingerprint density at radius 1 is 1.25 bits per heavy atom. The van der Waals surface area contributed by atoms with Crippen molar-refractivity contribution in [2.45, 2.75) is 38.6 Å².